The van der Waals surface area contributed by atoms with Crippen LogP contribution in [0.1, 0.15) is 31.4 Å². The zero-order valence-corrected chi connectivity index (χ0v) is 10.7. The Labute approximate surface area is 107 Å². The van der Waals surface area contributed by atoms with E-state index in [2.05, 4.69) is 0 Å². The lowest BCUT2D eigenvalue weighted by Crippen LogP contribution is -2.40. The number of ketones is 1. The average Bonchev–Trinajstić information content (AvgIpc) is 2.38. The summed E-state index contributed by atoms with van der Waals surface area (Å²) in [6, 6.07) is 7.66. The first-order valence-corrected chi connectivity index (χ1v) is 6.07. The van der Waals surface area contributed by atoms with Gasteiger partial charge in [-0.25, -0.2) is 0 Å². The molecule has 4 heteroatoms. The standard InChI is InChI=1S/C14H17NO3/c1-10(11-3-5-13(18-2)6-4-11)15-8-7-12(16)9-14(15)17/h3-6,10H,7-9H2,1-2H3. The number of carbonyl (C=O) groups is 2. The van der Waals surface area contributed by atoms with Crippen molar-refractivity contribution in [3.05, 3.63) is 29.8 Å². The molecule has 18 heavy (non-hydrogen) atoms. The third-order valence-corrected chi connectivity index (χ3v) is 3.37. The van der Waals surface area contributed by atoms with Gasteiger partial charge >= 0.3 is 0 Å². The van der Waals surface area contributed by atoms with Gasteiger partial charge in [0.1, 0.15) is 11.5 Å². The van der Waals surface area contributed by atoms with Crippen LogP contribution in [-0.2, 0) is 9.59 Å². The monoisotopic (exact) mass is 247 g/mol. The van der Waals surface area contributed by atoms with Crippen LogP contribution in [0.25, 0.3) is 0 Å². The summed E-state index contributed by atoms with van der Waals surface area (Å²) >= 11 is 0. The van der Waals surface area contributed by atoms with Gasteiger partial charge in [-0.2, -0.15) is 0 Å². The zero-order chi connectivity index (χ0) is 13.1. The lowest BCUT2D eigenvalue weighted by molar-refractivity contribution is -0.141. The smallest absolute Gasteiger partial charge is 0.230 e. The third kappa shape index (κ3) is 2.53. The molecule has 2 rings (SSSR count). The summed E-state index contributed by atoms with van der Waals surface area (Å²) in [5.41, 5.74) is 1.05. The summed E-state index contributed by atoms with van der Waals surface area (Å²) in [5.74, 6) is 0.763. The van der Waals surface area contributed by atoms with Crippen LogP contribution in [-0.4, -0.2) is 30.2 Å². The summed E-state index contributed by atoms with van der Waals surface area (Å²) < 4.78 is 5.10. The van der Waals surface area contributed by atoms with E-state index in [4.69, 9.17) is 4.74 Å². The number of nitrogens with zero attached hydrogens (tertiary/aromatic N) is 1. The predicted molar refractivity (Wildman–Crippen MR) is 67.4 cm³/mol. The maximum atomic E-state index is 11.8. The van der Waals surface area contributed by atoms with Crippen LogP contribution in [0.3, 0.4) is 0 Å². The maximum absolute atomic E-state index is 11.8. The van der Waals surface area contributed by atoms with Gasteiger partial charge in [-0.05, 0) is 24.6 Å². The molecular weight excluding hydrogens is 230 g/mol. The van der Waals surface area contributed by atoms with E-state index in [0.29, 0.717) is 13.0 Å². The van der Waals surface area contributed by atoms with E-state index in [1.165, 1.54) is 0 Å². The van der Waals surface area contributed by atoms with Crippen molar-refractivity contribution in [3.63, 3.8) is 0 Å². The SMILES string of the molecule is COc1ccc(C(C)N2CCC(=O)CC2=O)cc1. The second-order valence-electron chi connectivity index (χ2n) is 4.50. The van der Waals surface area contributed by atoms with Gasteiger partial charge < -0.3 is 9.64 Å². The van der Waals surface area contributed by atoms with Crippen molar-refractivity contribution < 1.29 is 14.3 Å². The number of methoxy groups -OCH3 is 1. The Hall–Kier alpha value is -1.84. The fourth-order valence-corrected chi connectivity index (χ4v) is 2.20. The van der Waals surface area contributed by atoms with E-state index >= 15 is 0 Å². The molecule has 0 spiro atoms. The van der Waals surface area contributed by atoms with Crippen molar-refractivity contribution in [3.8, 4) is 5.75 Å². The number of ether oxygens (including phenoxy) is 1. The molecule has 1 atom stereocenters. The summed E-state index contributed by atoms with van der Waals surface area (Å²) in [6.45, 7) is 2.50. The molecule has 0 saturated carbocycles. The lowest BCUT2D eigenvalue weighted by atomic mass is 10.0. The highest BCUT2D eigenvalue weighted by molar-refractivity contribution is 6.00. The van der Waals surface area contributed by atoms with Gasteiger partial charge in [-0.15, -0.1) is 0 Å². The van der Waals surface area contributed by atoms with Crippen molar-refractivity contribution in [1.29, 1.82) is 0 Å². The quantitative estimate of drug-likeness (QED) is 0.767. The first-order chi connectivity index (χ1) is 8.61. The van der Waals surface area contributed by atoms with Gasteiger partial charge in [0, 0.05) is 13.0 Å². The number of Topliss-reactive ketones (excluding diaryl/α,β-unsaturated/α-hetero) is 1. The van der Waals surface area contributed by atoms with Crippen molar-refractivity contribution in [1.82, 2.24) is 4.90 Å². The molecule has 1 unspecified atom stereocenters. The highest BCUT2D eigenvalue weighted by Crippen LogP contribution is 2.25. The molecular formula is C14H17NO3. The first kappa shape index (κ1) is 12.6. The number of carbonyl (C=O) groups excluding carboxylic acids is 2. The Kier molecular flexibility index (Phi) is 3.65. The number of benzene rings is 1. The van der Waals surface area contributed by atoms with Gasteiger partial charge in [-0.1, -0.05) is 12.1 Å². The zero-order valence-electron chi connectivity index (χ0n) is 10.7. The molecule has 1 saturated heterocycles. The van der Waals surface area contributed by atoms with E-state index in [1.807, 2.05) is 31.2 Å². The molecule has 0 aliphatic carbocycles. The summed E-state index contributed by atoms with van der Waals surface area (Å²) in [5, 5.41) is 0. The van der Waals surface area contributed by atoms with Crippen LogP contribution in [0, 0.1) is 0 Å². The van der Waals surface area contributed by atoms with Crippen LogP contribution >= 0.6 is 0 Å². The van der Waals surface area contributed by atoms with E-state index in [-0.39, 0.29) is 24.2 Å². The van der Waals surface area contributed by atoms with Crippen LogP contribution < -0.4 is 4.74 Å². The fourth-order valence-electron chi connectivity index (χ4n) is 2.20. The van der Waals surface area contributed by atoms with Gasteiger partial charge in [0.05, 0.1) is 19.6 Å². The Morgan fingerprint density at radius 2 is 1.89 bits per heavy atom. The molecule has 1 heterocycles. The number of piperidine rings is 1. The molecule has 1 aromatic carbocycles. The number of rotatable bonds is 3. The molecule has 0 N–H and O–H groups in total. The second-order valence-corrected chi connectivity index (χ2v) is 4.50. The Balaban J connectivity index is 2.12. The van der Waals surface area contributed by atoms with Crippen LogP contribution in [0.4, 0.5) is 0 Å². The van der Waals surface area contributed by atoms with E-state index in [0.717, 1.165) is 11.3 Å². The number of amides is 1. The minimum Gasteiger partial charge on any atom is -0.497 e. The summed E-state index contributed by atoms with van der Waals surface area (Å²) in [7, 11) is 1.62. The van der Waals surface area contributed by atoms with E-state index in [9.17, 15) is 9.59 Å². The second kappa shape index (κ2) is 5.21. The molecule has 1 aliphatic heterocycles. The predicted octanol–water partition coefficient (Wildman–Crippen LogP) is 1.95. The van der Waals surface area contributed by atoms with Crippen molar-refractivity contribution >= 4 is 11.7 Å². The topological polar surface area (TPSA) is 46.6 Å². The van der Waals surface area contributed by atoms with Crippen LogP contribution in [0.2, 0.25) is 0 Å². The molecule has 4 nitrogen and oxygen atoms in total. The van der Waals surface area contributed by atoms with Gasteiger partial charge in [-0.3, -0.25) is 9.59 Å². The number of hydrogen-bond donors (Lipinski definition) is 0. The normalized spacial score (nSPS) is 17.8. The first-order valence-electron chi connectivity index (χ1n) is 6.07. The van der Waals surface area contributed by atoms with E-state index < -0.39 is 0 Å². The maximum Gasteiger partial charge on any atom is 0.230 e. The molecule has 0 bridgehead atoms. The van der Waals surface area contributed by atoms with Gasteiger partial charge in [0.15, 0.2) is 0 Å². The highest BCUT2D eigenvalue weighted by Gasteiger charge is 2.27. The molecule has 1 aromatic rings. The molecule has 1 aliphatic rings. The Morgan fingerprint density at radius 1 is 1.22 bits per heavy atom. The van der Waals surface area contributed by atoms with Gasteiger partial charge in [0.2, 0.25) is 5.91 Å². The largest absolute Gasteiger partial charge is 0.497 e. The Morgan fingerprint density at radius 3 is 2.44 bits per heavy atom. The molecule has 1 amide bonds. The molecule has 0 radical (unpaired) electrons. The van der Waals surface area contributed by atoms with Crippen molar-refractivity contribution in [2.24, 2.45) is 0 Å². The van der Waals surface area contributed by atoms with Crippen LogP contribution in [0.5, 0.6) is 5.75 Å². The molecule has 1 fully saturated rings. The highest BCUT2D eigenvalue weighted by atomic mass is 16.5. The van der Waals surface area contributed by atoms with Gasteiger partial charge in [0.25, 0.3) is 0 Å². The summed E-state index contributed by atoms with van der Waals surface area (Å²) in [6.07, 6.45) is 0.507. The number of likely N-dealkylation sites (tertiary alicyclic amines) is 1. The fraction of sp³-hybridized carbons (Fsp3) is 0.429. The minimum atomic E-state index is -0.0745. The molecule has 0 aromatic heterocycles. The lowest BCUT2D eigenvalue weighted by Gasteiger charge is -2.32. The number of hydrogen-bond acceptors (Lipinski definition) is 3. The third-order valence-electron chi connectivity index (χ3n) is 3.37. The Bertz CT molecular complexity index is 453. The van der Waals surface area contributed by atoms with E-state index in [1.54, 1.807) is 12.0 Å². The summed E-state index contributed by atoms with van der Waals surface area (Å²) in [4.78, 5) is 24.8. The molecule has 96 valence electrons. The van der Waals surface area contributed by atoms with Crippen molar-refractivity contribution in [2.45, 2.75) is 25.8 Å². The van der Waals surface area contributed by atoms with Crippen LogP contribution in [0.15, 0.2) is 24.3 Å². The minimum absolute atomic E-state index is 0.00324. The average molecular weight is 247 g/mol. The van der Waals surface area contributed by atoms with Crippen molar-refractivity contribution in [2.75, 3.05) is 13.7 Å².